The van der Waals surface area contributed by atoms with Crippen LogP contribution in [0, 0.1) is 0 Å². The number of nitrogens with two attached hydrogens (primary N) is 1. The molecule has 0 saturated carbocycles. The molecule has 3 rings (SSSR count). The number of aryl methyl sites for hydroxylation is 1. The zero-order valence-corrected chi connectivity index (χ0v) is 12.2. The normalized spacial score (nSPS) is 14.2. The van der Waals surface area contributed by atoms with Gasteiger partial charge in [0.15, 0.2) is 0 Å². The Balaban J connectivity index is 1.90. The van der Waals surface area contributed by atoms with Crippen molar-refractivity contribution in [3.05, 3.63) is 41.7 Å². The summed E-state index contributed by atoms with van der Waals surface area (Å²) >= 11 is 0. The summed E-state index contributed by atoms with van der Waals surface area (Å²) < 4.78 is 5.79. The number of nitrogens with zero attached hydrogens (tertiary/aromatic N) is 3. The quantitative estimate of drug-likeness (QED) is 0.937. The van der Waals surface area contributed by atoms with Crippen molar-refractivity contribution in [1.29, 1.82) is 0 Å². The van der Waals surface area contributed by atoms with Crippen molar-refractivity contribution in [1.82, 2.24) is 9.97 Å². The highest BCUT2D eigenvalue weighted by atomic mass is 16.5. The second-order valence-corrected chi connectivity index (χ2v) is 5.19. The average molecular weight is 284 g/mol. The molecule has 110 valence electrons. The van der Waals surface area contributed by atoms with Gasteiger partial charge in [-0.15, -0.1) is 0 Å². The van der Waals surface area contributed by atoms with Crippen molar-refractivity contribution in [3.63, 3.8) is 0 Å². The molecule has 5 heteroatoms. The highest BCUT2D eigenvalue weighted by Gasteiger charge is 2.17. The zero-order valence-electron chi connectivity index (χ0n) is 12.2. The second kappa shape index (κ2) is 5.99. The van der Waals surface area contributed by atoms with E-state index < -0.39 is 0 Å². The lowest BCUT2D eigenvalue weighted by Crippen LogP contribution is -2.26. The predicted molar refractivity (Wildman–Crippen MR) is 83.4 cm³/mol. The zero-order chi connectivity index (χ0) is 14.7. The maximum Gasteiger partial charge on any atom is 0.134 e. The van der Waals surface area contributed by atoms with Crippen LogP contribution in [-0.2, 0) is 13.0 Å². The van der Waals surface area contributed by atoms with E-state index in [1.807, 2.05) is 24.3 Å². The molecule has 0 spiro atoms. The van der Waals surface area contributed by atoms with Crippen molar-refractivity contribution < 1.29 is 4.74 Å². The number of benzene rings is 1. The molecule has 2 heterocycles. The fourth-order valence-electron chi connectivity index (χ4n) is 2.52. The third-order valence-electron chi connectivity index (χ3n) is 3.53. The van der Waals surface area contributed by atoms with E-state index in [9.17, 15) is 0 Å². The Hall–Kier alpha value is -2.30. The van der Waals surface area contributed by atoms with E-state index in [-0.39, 0.29) is 0 Å². The number of fused-ring (bicyclic) bond motifs is 1. The molecule has 1 aromatic carbocycles. The molecule has 21 heavy (non-hydrogen) atoms. The van der Waals surface area contributed by atoms with Crippen molar-refractivity contribution in [2.45, 2.75) is 26.3 Å². The lowest BCUT2D eigenvalue weighted by atomic mass is 10.2. The Labute approximate surface area is 124 Å². The molecule has 0 radical (unpaired) electrons. The van der Waals surface area contributed by atoms with Crippen LogP contribution in [0.25, 0.3) is 0 Å². The van der Waals surface area contributed by atoms with Crippen LogP contribution >= 0.6 is 0 Å². The van der Waals surface area contributed by atoms with Crippen LogP contribution < -0.4 is 15.4 Å². The number of ether oxygens (including phenoxy) is 1. The molecular weight excluding hydrogens is 264 g/mol. The predicted octanol–water partition coefficient (Wildman–Crippen LogP) is 2.41. The standard InChI is InChI=1S/C16H20N4O/c1-2-5-15-18-14(17)10-16(19-15)20-8-9-21-13-7-4-3-6-12(13)11-20/h3-4,6-7,10H,2,5,8-9,11H2,1H3,(H2,17,18,19). The number of rotatable bonds is 3. The first-order chi connectivity index (χ1) is 10.3. The Morgan fingerprint density at radius 1 is 1.29 bits per heavy atom. The van der Waals surface area contributed by atoms with Crippen molar-refractivity contribution >= 4 is 11.6 Å². The first-order valence-electron chi connectivity index (χ1n) is 7.35. The second-order valence-electron chi connectivity index (χ2n) is 5.19. The molecule has 0 fully saturated rings. The average Bonchev–Trinajstić information content (AvgIpc) is 2.69. The van der Waals surface area contributed by atoms with Crippen molar-refractivity contribution in [2.75, 3.05) is 23.8 Å². The fourth-order valence-corrected chi connectivity index (χ4v) is 2.52. The van der Waals surface area contributed by atoms with Gasteiger partial charge >= 0.3 is 0 Å². The van der Waals surface area contributed by atoms with Gasteiger partial charge in [0.05, 0.1) is 6.54 Å². The number of anilines is 2. The first-order valence-corrected chi connectivity index (χ1v) is 7.35. The van der Waals surface area contributed by atoms with Gasteiger partial charge in [-0.2, -0.15) is 0 Å². The van der Waals surface area contributed by atoms with Gasteiger partial charge in [0.1, 0.15) is 29.8 Å². The van der Waals surface area contributed by atoms with Gasteiger partial charge in [0.2, 0.25) is 0 Å². The van der Waals surface area contributed by atoms with Crippen LogP contribution in [0.15, 0.2) is 30.3 Å². The Kier molecular flexibility index (Phi) is 3.90. The molecule has 0 aliphatic carbocycles. The van der Waals surface area contributed by atoms with Gasteiger partial charge < -0.3 is 15.4 Å². The molecule has 1 aliphatic heterocycles. The van der Waals surface area contributed by atoms with Crippen LogP contribution in [0.5, 0.6) is 5.75 Å². The van der Waals surface area contributed by atoms with E-state index >= 15 is 0 Å². The van der Waals surface area contributed by atoms with Crippen molar-refractivity contribution in [2.24, 2.45) is 0 Å². The lowest BCUT2D eigenvalue weighted by molar-refractivity contribution is 0.331. The summed E-state index contributed by atoms with van der Waals surface area (Å²) in [7, 11) is 0. The van der Waals surface area contributed by atoms with Gasteiger partial charge in [-0.1, -0.05) is 25.1 Å². The molecule has 1 aromatic heterocycles. The van der Waals surface area contributed by atoms with E-state index in [1.165, 1.54) is 5.56 Å². The summed E-state index contributed by atoms with van der Waals surface area (Å²) in [5, 5.41) is 0. The number of para-hydroxylation sites is 1. The summed E-state index contributed by atoms with van der Waals surface area (Å²) in [5.41, 5.74) is 7.09. The molecular formula is C16H20N4O. The van der Waals surface area contributed by atoms with Crippen LogP contribution in [0.1, 0.15) is 24.7 Å². The molecule has 0 unspecified atom stereocenters. The molecule has 0 saturated heterocycles. The Morgan fingerprint density at radius 2 is 2.14 bits per heavy atom. The maximum absolute atomic E-state index is 5.92. The van der Waals surface area contributed by atoms with Gasteiger partial charge in [0.25, 0.3) is 0 Å². The number of hydrogen-bond acceptors (Lipinski definition) is 5. The molecule has 0 atom stereocenters. The minimum atomic E-state index is 0.530. The highest BCUT2D eigenvalue weighted by molar-refractivity contribution is 5.49. The van der Waals surface area contributed by atoms with Gasteiger partial charge in [0, 0.05) is 24.6 Å². The largest absolute Gasteiger partial charge is 0.491 e. The number of hydrogen-bond donors (Lipinski definition) is 1. The summed E-state index contributed by atoms with van der Waals surface area (Å²) in [6.07, 6.45) is 1.85. The molecule has 2 aromatic rings. The van der Waals surface area contributed by atoms with Gasteiger partial charge in [-0.25, -0.2) is 9.97 Å². The number of nitrogen functional groups attached to an aromatic ring is 1. The van der Waals surface area contributed by atoms with Gasteiger partial charge in [-0.05, 0) is 12.5 Å². The molecule has 0 bridgehead atoms. The van der Waals surface area contributed by atoms with Crippen LogP contribution in [-0.4, -0.2) is 23.1 Å². The third kappa shape index (κ3) is 3.07. The smallest absolute Gasteiger partial charge is 0.134 e. The Bertz CT molecular complexity index is 629. The SMILES string of the molecule is CCCc1nc(N)cc(N2CCOc3ccccc3C2)n1. The molecule has 1 aliphatic rings. The van der Waals surface area contributed by atoms with E-state index in [2.05, 4.69) is 27.9 Å². The lowest BCUT2D eigenvalue weighted by Gasteiger charge is -2.21. The monoisotopic (exact) mass is 284 g/mol. The first kappa shape index (κ1) is 13.7. The summed E-state index contributed by atoms with van der Waals surface area (Å²) in [6.45, 7) is 4.32. The van der Waals surface area contributed by atoms with E-state index in [4.69, 9.17) is 10.5 Å². The summed E-state index contributed by atoms with van der Waals surface area (Å²) in [4.78, 5) is 11.1. The fraction of sp³-hybridized carbons (Fsp3) is 0.375. The third-order valence-corrected chi connectivity index (χ3v) is 3.53. The van der Waals surface area contributed by atoms with Crippen LogP contribution in [0.2, 0.25) is 0 Å². The minimum Gasteiger partial charge on any atom is -0.491 e. The van der Waals surface area contributed by atoms with Crippen LogP contribution in [0.4, 0.5) is 11.6 Å². The summed E-state index contributed by atoms with van der Waals surface area (Å²) in [5.74, 6) is 3.18. The topological polar surface area (TPSA) is 64.3 Å². The Morgan fingerprint density at radius 3 is 3.00 bits per heavy atom. The van der Waals surface area contributed by atoms with Crippen LogP contribution in [0.3, 0.4) is 0 Å². The van der Waals surface area contributed by atoms with Gasteiger partial charge in [-0.3, -0.25) is 0 Å². The molecule has 0 amide bonds. The highest BCUT2D eigenvalue weighted by Crippen LogP contribution is 2.25. The molecule has 2 N–H and O–H groups in total. The minimum absolute atomic E-state index is 0.530. The van der Waals surface area contributed by atoms with E-state index in [0.29, 0.717) is 12.4 Å². The number of aromatic nitrogens is 2. The van der Waals surface area contributed by atoms with E-state index in [0.717, 1.165) is 43.3 Å². The van der Waals surface area contributed by atoms with Crippen molar-refractivity contribution in [3.8, 4) is 5.75 Å². The molecule has 5 nitrogen and oxygen atoms in total. The maximum atomic E-state index is 5.92. The van der Waals surface area contributed by atoms with E-state index in [1.54, 1.807) is 0 Å². The summed E-state index contributed by atoms with van der Waals surface area (Å²) in [6, 6.07) is 9.97.